The van der Waals surface area contributed by atoms with Crippen LogP contribution in [0, 0.1) is 5.92 Å². The summed E-state index contributed by atoms with van der Waals surface area (Å²) >= 11 is 6.25. The van der Waals surface area contributed by atoms with E-state index in [2.05, 4.69) is 25.5 Å². The van der Waals surface area contributed by atoms with Crippen molar-refractivity contribution in [2.45, 2.75) is 31.7 Å². The largest absolute Gasteiger partial charge is 0.381 e. The molecule has 0 bridgehead atoms. The first-order valence-electron chi connectivity index (χ1n) is 9.16. The minimum absolute atomic E-state index is 0. The molecule has 8 heteroatoms. The second-order valence-corrected chi connectivity index (χ2v) is 7.16. The quantitative estimate of drug-likeness (QED) is 0.252. The van der Waals surface area contributed by atoms with E-state index in [0.29, 0.717) is 11.1 Å². The summed E-state index contributed by atoms with van der Waals surface area (Å²) in [5.74, 6) is 2.55. The van der Waals surface area contributed by atoms with Gasteiger partial charge >= 0.3 is 0 Å². The monoisotopic (exact) mass is 493 g/mol. The average molecular weight is 494 g/mol. The van der Waals surface area contributed by atoms with E-state index in [9.17, 15) is 0 Å². The smallest absolute Gasteiger partial charge is 0.191 e. The predicted octanol–water partition coefficient (Wildman–Crippen LogP) is 2.91. The molecule has 0 spiro atoms. The summed E-state index contributed by atoms with van der Waals surface area (Å²) in [5.41, 5.74) is 0. The summed E-state index contributed by atoms with van der Waals surface area (Å²) in [5, 5.41) is 7.56. The van der Waals surface area contributed by atoms with Crippen molar-refractivity contribution < 1.29 is 4.74 Å². The molecule has 2 aliphatic rings. The van der Waals surface area contributed by atoms with Gasteiger partial charge in [0.15, 0.2) is 5.96 Å². The molecule has 6 nitrogen and oxygen atoms in total. The molecule has 3 rings (SSSR count). The number of ether oxygens (including phenoxy) is 1. The van der Waals surface area contributed by atoms with Gasteiger partial charge in [-0.1, -0.05) is 11.6 Å². The first kappa shape index (κ1) is 21.5. The van der Waals surface area contributed by atoms with Crippen molar-refractivity contribution in [3.05, 3.63) is 23.4 Å². The Morgan fingerprint density at radius 1 is 1.42 bits per heavy atom. The highest BCUT2D eigenvalue weighted by molar-refractivity contribution is 14.0. The Kier molecular flexibility index (Phi) is 9.21. The Morgan fingerprint density at radius 3 is 3.00 bits per heavy atom. The first-order valence-corrected chi connectivity index (χ1v) is 9.54. The summed E-state index contributed by atoms with van der Waals surface area (Å²) in [6, 6.07) is 4.09. The fourth-order valence-electron chi connectivity index (χ4n) is 2.98. The van der Waals surface area contributed by atoms with Crippen LogP contribution in [0.4, 0.5) is 5.82 Å². The number of halogens is 2. The molecule has 26 heavy (non-hydrogen) atoms. The van der Waals surface area contributed by atoms with E-state index in [4.69, 9.17) is 16.3 Å². The van der Waals surface area contributed by atoms with E-state index in [1.54, 1.807) is 13.2 Å². The third kappa shape index (κ3) is 6.74. The van der Waals surface area contributed by atoms with Crippen LogP contribution in [0.2, 0.25) is 5.02 Å². The van der Waals surface area contributed by atoms with E-state index in [-0.39, 0.29) is 24.0 Å². The maximum Gasteiger partial charge on any atom is 0.191 e. The minimum Gasteiger partial charge on any atom is -0.381 e. The summed E-state index contributed by atoms with van der Waals surface area (Å²) in [6.45, 7) is 4.44. The summed E-state index contributed by atoms with van der Waals surface area (Å²) in [6.07, 6.45) is 6.51. The molecule has 146 valence electrons. The Hall–Kier alpha value is -0.800. The number of aromatic nitrogens is 1. The Morgan fingerprint density at radius 2 is 2.27 bits per heavy atom. The Labute approximate surface area is 178 Å². The van der Waals surface area contributed by atoms with Gasteiger partial charge in [0.2, 0.25) is 0 Å². The van der Waals surface area contributed by atoms with E-state index in [0.717, 1.165) is 63.4 Å². The van der Waals surface area contributed by atoms with Gasteiger partial charge in [-0.25, -0.2) is 4.98 Å². The number of guanidine groups is 1. The van der Waals surface area contributed by atoms with Crippen LogP contribution in [0.25, 0.3) is 0 Å². The molecule has 0 aromatic carbocycles. The van der Waals surface area contributed by atoms with Crippen LogP contribution in [0.15, 0.2) is 23.3 Å². The summed E-state index contributed by atoms with van der Waals surface area (Å²) in [7, 11) is 1.81. The number of hydrogen-bond acceptors (Lipinski definition) is 4. The molecule has 1 saturated heterocycles. The molecule has 2 N–H and O–H groups in total. The first-order chi connectivity index (χ1) is 12.3. The van der Waals surface area contributed by atoms with Gasteiger partial charge in [0.1, 0.15) is 5.82 Å². The van der Waals surface area contributed by atoms with Gasteiger partial charge in [-0.05, 0) is 43.7 Å². The molecule has 1 atom stereocenters. The van der Waals surface area contributed by atoms with Gasteiger partial charge in [-0.15, -0.1) is 24.0 Å². The Bertz CT molecular complexity index is 584. The fraction of sp³-hybridized carbons (Fsp3) is 0.667. The number of hydrogen-bond donors (Lipinski definition) is 2. The molecule has 1 saturated carbocycles. The molecule has 1 aromatic heterocycles. The lowest BCUT2D eigenvalue weighted by molar-refractivity contribution is 0.123. The zero-order valence-electron chi connectivity index (χ0n) is 15.3. The molecular formula is C18H29ClIN5O. The minimum atomic E-state index is 0. The molecule has 2 heterocycles. The SMILES string of the molecule is CN=C(NCCCOCC1CC1)NC1CCN(c2ncccc2Cl)C1.I. The van der Waals surface area contributed by atoms with Gasteiger partial charge < -0.3 is 20.3 Å². The normalized spacial score (nSPS) is 20.0. The highest BCUT2D eigenvalue weighted by Crippen LogP contribution is 2.28. The molecule has 1 unspecified atom stereocenters. The maximum absolute atomic E-state index is 6.25. The number of pyridine rings is 1. The van der Waals surface area contributed by atoms with Crippen LogP contribution in [0.5, 0.6) is 0 Å². The van der Waals surface area contributed by atoms with Crippen molar-refractivity contribution in [2.75, 3.05) is 44.8 Å². The number of aliphatic imine (C=N–C) groups is 1. The third-order valence-corrected chi connectivity index (χ3v) is 4.89. The van der Waals surface area contributed by atoms with Gasteiger partial charge in [-0.2, -0.15) is 0 Å². The standard InChI is InChI=1S/C18H28ClN5O.HI/c1-20-18(22-9-3-11-25-13-14-5-6-14)23-15-7-10-24(12-15)17-16(19)4-2-8-21-17;/h2,4,8,14-15H,3,5-7,9-13H2,1H3,(H2,20,22,23);1H. The molecule has 1 aliphatic carbocycles. The van der Waals surface area contributed by atoms with Crippen LogP contribution in [-0.2, 0) is 4.74 Å². The van der Waals surface area contributed by atoms with Gasteiger partial charge in [0.05, 0.1) is 5.02 Å². The summed E-state index contributed by atoms with van der Waals surface area (Å²) in [4.78, 5) is 10.9. The van der Waals surface area contributed by atoms with Crippen molar-refractivity contribution in [3.63, 3.8) is 0 Å². The van der Waals surface area contributed by atoms with Crippen molar-refractivity contribution in [2.24, 2.45) is 10.9 Å². The van der Waals surface area contributed by atoms with E-state index >= 15 is 0 Å². The second-order valence-electron chi connectivity index (χ2n) is 6.76. The Balaban J connectivity index is 0.00000243. The van der Waals surface area contributed by atoms with Crippen LogP contribution >= 0.6 is 35.6 Å². The van der Waals surface area contributed by atoms with Crippen molar-refractivity contribution in [1.29, 1.82) is 0 Å². The predicted molar refractivity (Wildman–Crippen MR) is 118 cm³/mol. The van der Waals surface area contributed by atoms with Gasteiger partial charge in [0.25, 0.3) is 0 Å². The van der Waals surface area contributed by atoms with E-state index in [1.807, 2.05) is 12.1 Å². The molecule has 0 radical (unpaired) electrons. The van der Waals surface area contributed by atoms with Crippen LogP contribution in [0.1, 0.15) is 25.7 Å². The van der Waals surface area contributed by atoms with E-state index in [1.165, 1.54) is 12.8 Å². The number of rotatable bonds is 8. The fourth-order valence-corrected chi connectivity index (χ4v) is 3.23. The lowest BCUT2D eigenvalue weighted by Gasteiger charge is -2.20. The summed E-state index contributed by atoms with van der Waals surface area (Å²) < 4.78 is 5.65. The number of anilines is 1. The highest BCUT2D eigenvalue weighted by atomic mass is 127. The van der Waals surface area contributed by atoms with Crippen LogP contribution in [0.3, 0.4) is 0 Å². The lowest BCUT2D eigenvalue weighted by Crippen LogP contribution is -2.45. The molecule has 0 amide bonds. The third-order valence-electron chi connectivity index (χ3n) is 4.60. The number of nitrogens with zero attached hydrogens (tertiary/aromatic N) is 3. The zero-order chi connectivity index (χ0) is 17.5. The van der Waals surface area contributed by atoms with Crippen LogP contribution in [-0.4, -0.2) is 56.9 Å². The molecule has 1 aromatic rings. The molecular weight excluding hydrogens is 465 g/mol. The highest BCUT2D eigenvalue weighted by Gasteiger charge is 2.25. The van der Waals surface area contributed by atoms with Crippen molar-refractivity contribution >= 4 is 47.4 Å². The van der Waals surface area contributed by atoms with Crippen LogP contribution < -0.4 is 15.5 Å². The zero-order valence-corrected chi connectivity index (χ0v) is 18.4. The number of nitrogens with one attached hydrogen (secondary N) is 2. The topological polar surface area (TPSA) is 61.8 Å². The van der Waals surface area contributed by atoms with Crippen molar-refractivity contribution in [1.82, 2.24) is 15.6 Å². The maximum atomic E-state index is 6.25. The molecule has 2 fully saturated rings. The van der Waals surface area contributed by atoms with Gasteiger partial charge in [0, 0.05) is 52.1 Å². The van der Waals surface area contributed by atoms with Gasteiger partial charge in [-0.3, -0.25) is 4.99 Å². The second kappa shape index (κ2) is 11.1. The molecule has 1 aliphatic heterocycles. The van der Waals surface area contributed by atoms with Crippen molar-refractivity contribution in [3.8, 4) is 0 Å². The average Bonchev–Trinajstić information content (AvgIpc) is 3.34. The lowest BCUT2D eigenvalue weighted by atomic mass is 10.3. The van der Waals surface area contributed by atoms with E-state index < -0.39 is 0 Å².